The van der Waals surface area contributed by atoms with E-state index >= 15 is 0 Å². The maximum atomic E-state index is 15.0. The second-order valence-corrected chi connectivity index (χ2v) is 10.0. The highest BCUT2D eigenvalue weighted by atomic mass is 19.4. The Hall–Kier alpha value is -4.09. The maximum Gasteiger partial charge on any atom is 0.418 e. The summed E-state index contributed by atoms with van der Waals surface area (Å²) < 4.78 is 76.8. The Kier molecular flexibility index (Phi) is 6.86. The number of primary amides is 1. The highest BCUT2D eigenvalue weighted by molar-refractivity contribution is 6.59. The van der Waals surface area contributed by atoms with Crippen molar-refractivity contribution in [2.75, 3.05) is 0 Å². The number of aromatic amines is 1. The number of aromatic nitrogens is 3. The summed E-state index contributed by atoms with van der Waals surface area (Å²) in [7, 11) is 6.32. The Morgan fingerprint density at radius 1 is 1.13 bits per heavy atom. The second-order valence-electron chi connectivity index (χ2n) is 10.0. The first-order valence-corrected chi connectivity index (χ1v) is 11.6. The number of halogens is 5. The lowest BCUT2D eigenvalue weighted by Gasteiger charge is -2.26. The normalized spacial score (nSPS) is 12.1. The molecule has 3 heterocycles. The van der Waals surface area contributed by atoms with Gasteiger partial charge in [0.1, 0.15) is 19.3 Å². The molecule has 0 saturated carbocycles. The van der Waals surface area contributed by atoms with Gasteiger partial charge in [0, 0.05) is 24.0 Å². The summed E-state index contributed by atoms with van der Waals surface area (Å²) in [5, 5.41) is -1.12. The molecule has 0 saturated heterocycles. The first-order valence-electron chi connectivity index (χ1n) is 11.6. The average molecular weight is 538 g/mol. The summed E-state index contributed by atoms with van der Waals surface area (Å²) in [6.45, 7) is 1.17. The zero-order valence-electron chi connectivity index (χ0n) is 21.5. The number of amides is 1. The minimum Gasteiger partial charge on any atom is -0.439 e. The lowest BCUT2D eigenvalue weighted by molar-refractivity contribution is -0.138. The van der Waals surface area contributed by atoms with Gasteiger partial charge in [-0.25, -0.2) is 13.8 Å². The van der Waals surface area contributed by atoms with Gasteiger partial charge in [-0.05, 0) is 30.1 Å². The monoisotopic (exact) mass is 538 g/mol. The molecule has 39 heavy (non-hydrogen) atoms. The molecule has 0 unspecified atom stereocenters. The van der Waals surface area contributed by atoms with Gasteiger partial charge in [-0.2, -0.15) is 13.2 Å². The van der Waals surface area contributed by atoms with Gasteiger partial charge in [0.2, 0.25) is 5.88 Å². The number of fused-ring (bicyclic) bond motifs is 1. The summed E-state index contributed by atoms with van der Waals surface area (Å²) in [5.41, 5.74) is 2.54. The minimum absolute atomic E-state index is 0.0726. The van der Waals surface area contributed by atoms with E-state index in [0.29, 0.717) is 6.20 Å². The molecule has 4 rings (SSSR count). The number of pyridine rings is 3. The van der Waals surface area contributed by atoms with Crippen molar-refractivity contribution in [3.8, 4) is 22.9 Å². The van der Waals surface area contributed by atoms with Crippen LogP contribution in [0.15, 0.2) is 35.4 Å². The summed E-state index contributed by atoms with van der Waals surface area (Å²) in [4.78, 5) is 35.4. The number of nitrogens with one attached hydrogen (secondary N) is 1. The Labute approximate surface area is 222 Å². The highest BCUT2D eigenvalue weighted by Crippen LogP contribution is 2.41. The number of nitrogens with zero attached hydrogens (tertiary/aromatic N) is 2. The molecule has 7 nitrogen and oxygen atoms in total. The van der Waals surface area contributed by atoms with Crippen molar-refractivity contribution in [1.82, 2.24) is 15.0 Å². The van der Waals surface area contributed by atoms with Crippen molar-refractivity contribution in [1.29, 1.82) is 0 Å². The van der Waals surface area contributed by atoms with E-state index in [9.17, 15) is 31.5 Å². The second kappa shape index (κ2) is 9.58. The molecule has 3 aromatic heterocycles. The molecule has 4 aromatic rings. The largest absolute Gasteiger partial charge is 0.439 e. The molecular weight excluding hydrogens is 519 g/mol. The van der Waals surface area contributed by atoms with Crippen LogP contribution < -0.4 is 21.4 Å². The summed E-state index contributed by atoms with van der Waals surface area (Å²) in [6.07, 6.45) is -3.04. The molecule has 0 radical (unpaired) electrons. The SMILES string of the molecule is Bc1cc(F)c(F)c(C(B)(B)B)c1Oc1ncc(C(F)(F)F)c(C)c1-c1cc(=O)c2c(C(N)=O)nccc2[nH]1. The molecule has 196 valence electrons. The third-order valence-electron chi connectivity index (χ3n) is 6.16. The van der Waals surface area contributed by atoms with Gasteiger partial charge < -0.3 is 15.5 Å². The van der Waals surface area contributed by atoms with Crippen LogP contribution in [-0.2, 0) is 11.3 Å². The molecule has 0 bridgehead atoms. The van der Waals surface area contributed by atoms with Gasteiger partial charge in [0.25, 0.3) is 5.91 Å². The number of nitrogens with two attached hydrogens (primary N) is 1. The van der Waals surface area contributed by atoms with Gasteiger partial charge in [-0.15, -0.1) is 0 Å². The number of hydrogen-bond acceptors (Lipinski definition) is 5. The number of benzene rings is 1. The number of hydrogen-bond donors (Lipinski definition) is 2. The predicted molar refractivity (Wildman–Crippen MR) is 146 cm³/mol. The smallest absolute Gasteiger partial charge is 0.418 e. The Morgan fingerprint density at radius 2 is 1.79 bits per heavy atom. The fraction of sp³-hybridized carbons (Fsp3) is 0.130. The van der Waals surface area contributed by atoms with E-state index in [0.717, 1.165) is 12.1 Å². The van der Waals surface area contributed by atoms with Crippen molar-refractivity contribution >= 4 is 53.7 Å². The van der Waals surface area contributed by atoms with E-state index in [1.165, 1.54) is 27.0 Å². The number of alkyl halides is 3. The van der Waals surface area contributed by atoms with E-state index < -0.39 is 39.8 Å². The molecule has 0 aliphatic rings. The molecule has 0 spiro atoms. The van der Waals surface area contributed by atoms with Crippen molar-refractivity contribution in [2.45, 2.75) is 18.2 Å². The number of ether oxygens (including phenoxy) is 1. The molecular formula is C23H19B4F5N4O3. The van der Waals surface area contributed by atoms with Crippen LogP contribution in [0.4, 0.5) is 22.0 Å². The van der Waals surface area contributed by atoms with Crippen LogP contribution in [0.5, 0.6) is 11.6 Å². The minimum atomic E-state index is -4.81. The molecule has 3 N–H and O–H groups in total. The molecule has 16 heteroatoms. The van der Waals surface area contributed by atoms with E-state index in [4.69, 9.17) is 10.5 Å². The fourth-order valence-corrected chi connectivity index (χ4v) is 4.41. The molecule has 1 amide bonds. The molecule has 0 fully saturated rings. The Bertz CT molecular complexity index is 1720. The van der Waals surface area contributed by atoms with E-state index in [1.54, 1.807) is 23.5 Å². The standard InChI is InChI=1S/C23H19B4F5N4O3/c1-7-8(23(30,31)32)6-35-21(39-19-9(24)4-10(28)17(29)16(19)22(25,26)27)14(7)12-5-13(37)15-11(36-12)2-3-34-18(15)20(33)38/h2-6H,24-27H2,1H3,(H2,33,38)(H,36,37). The predicted octanol–water partition coefficient (Wildman–Crippen LogP) is -0.250. The number of H-pyrrole nitrogens is 1. The van der Waals surface area contributed by atoms with Crippen LogP contribution in [0, 0.1) is 18.6 Å². The summed E-state index contributed by atoms with van der Waals surface area (Å²) in [6, 6.07) is 3.23. The van der Waals surface area contributed by atoms with E-state index in [2.05, 4.69) is 15.0 Å². The first-order chi connectivity index (χ1) is 18.0. The van der Waals surface area contributed by atoms with Gasteiger partial charge in [0.15, 0.2) is 17.1 Å². The quantitative estimate of drug-likeness (QED) is 0.270. The van der Waals surface area contributed by atoms with Crippen LogP contribution in [-0.4, -0.2) is 52.2 Å². The van der Waals surface area contributed by atoms with Crippen LogP contribution in [0.25, 0.3) is 22.2 Å². The van der Waals surface area contributed by atoms with Crippen LogP contribution in [0.2, 0.25) is 0 Å². The van der Waals surface area contributed by atoms with Crippen LogP contribution in [0.3, 0.4) is 0 Å². The van der Waals surface area contributed by atoms with Gasteiger partial charge >= 0.3 is 6.18 Å². The topological polar surface area (TPSA) is 111 Å². The fourth-order valence-electron chi connectivity index (χ4n) is 4.41. The molecule has 0 aliphatic carbocycles. The zero-order chi connectivity index (χ0) is 29.0. The van der Waals surface area contributed by atoms with E-state index in [1.807, 2.05) is 0 Å². The summed E-state index contributed by atoms with van der Waals surface area (Å²) >= 11 is 0. The van der Waals surface area contributed by atoms with Gasteiger partial charge in [-0.3, -0.25) is 14.6 Å². The Morgan fingerprint density at radius 3 is 2.38 bits per heavy atom. The first kappa shape index (κ1) is 27.9. The number of carbonyl (C=O) groups is 1. The molecule has 1 aromatic carbocycles. The van der Waals surface area contributed by atoms with Crippen molar-refractivity contribution in [2.24, 2.45) is 5.73 Å². The van der Waals surface area contributed by atoms with Crippen molar-refractivity contribution < 1.29 is 31.5 Å². The van der Waals surface area contributed by atoms with E-state index in [-0.39, 0.29) is 56.1 Å². The zero-order valence-corrected chi connectivity index (χ0v) is 21.5. The van der Waals surface area contributed by atoms with Crippen molar-refractivity contribution in [3.63, 3.8) is 0 Å². The number of carbonyl (C=O) groups excluding carboxylic acids is 1. The number of rotatable bonds is 5. The lowest BCUT2D eigenvalue weighted by Crippen LogP contribution is -2.32. The maximum absolute atomic E-state index is 15.0. The average Bonchev–Trinajstić information content (AvgIpc) is 2.80. The third kappa shape index (κ3) is 5.02. The Balaban J connectivity index is 2.06. The van der Waals surface area contributed by atoms with Crippen molar-refractivity contribution in [3.05, 3.63) is 74.8 Å². The third-order valence-corrected chi connectivity index (χ3v) is 6.16. The highest BCUT2D eigenvalue weighted by Gasteiger charge is 2.36. The van der Waals surface area contributed by atoms with Gasteiger partial charge in [0.05, 0.1) is 51.3 Å². The van der Waals surface area contributed by atoms with Crippen LogP contribution >= 0.6 is 0 Å². The lowest BCUT2D eigenvalue weighted by atomic mass is 9.39. The molecule has 0 aliphatic heterocycles. The summed E-state index contributed by atoms with van der Waals surface area (Å²) in [5.74, 6) is -3.77. The van der Waals surface area contributed by atoms with Crippen LogP contribution in [0.1, 0.15) is 27.2 Å². The van der Waals surface area contributed by atoms with Gasteiger partial charge in [-0.1, -0.05) is 5.11 Å². The molecule has 0 atom stereocenters.